The summed E-state index contributed by atoms with van der Waals surface area (Å²) in [6.45, 7) is 2.09. The van der Waals surface area contributed by atoms with Gasteiger partial charge in [-0.05, 0) is 34.6 Å². The monoisotopic (exact) mass is 368 g/mol. The van der Waals surface area contributed by atoms with Crippen LogP contribution in [0.3, 0.4) is 0 Å². The molecular weight excluding hydrogens is 355 g/mol. The van der Waals surface area contributed by atoms with Crippen molar-refractivity contribution in [2.45, 2.75) is 19.9 Å². The predicted octanol–water partition coefficient (Wildman–Crippen LogP) is 2.29. The zero-order valence-corrected chi connectivity index (χ0v) is 12.6. The molecule has 0 aliphatic carbocycles. The highest BCUT2D eigenvalue weighted by Gasteiger charge is 2.09. The summed E-state index contributed by atoms with van der Waals surface area (Å²) in [6.07, 6.45) is 3.82. The van der Waals surface area contributed by atoms with Crippen LogP contribution in [0.4, 0.5) is 0 Å². The van der Waals surface area contributed by atoms with Gasteiger partial charge in [-0.2, -0.15) is 0 Å². The highest BCUT2D eigenvalue weighted by Crippen LogP contribution is 2.06. The van der Waals surface area contributed by atoms with Gasteiger partial charge in [0.25, 0.3) is 5.56 Å². The Kier molecular flexibility index (Phi) is 4.47. The standard InChI is InChI=1S/C14H13IN2O2/c1-2-10-3-5-11(6-4-10)13(18)8-17-9-16-7-12(15)14(17)19/h3-7,9H,2,8H2,1H3. The van der Waals surface area contributed by atoms with Gasteiger partial charge in [-0.15, -0.1) is 0 Å². The van der Waals surface area contributed by atoms with Crippen LogP contribution in [0, 0.1) is 3.57 Å². The summed E-state index contributed by atoms with van der Waals surface area (Å²) < 4.78 is 1.84. The third-order valence-corrected chi connectivity index (χ3v) is 3.60. The van der Waals surface area contributed by atoms with E-state index in [2.05, 4.69) is 11.9 Å². The minimum atomic E-state index is -0.186. The van der Waals surface area contributed by atoms with Crippen molar-refractivity contribution < 1.29 is 4.79 Å². The van der Waals surface area contributed by atoms with Gasteiger partial charge in [-0.1, -0.05) is 31.2 Å². The van der Waals surface area contributed by atoms with Crippen LogP contribution in [0.25, 0.3) is 0 Å². The van der Waals surface area contributed by atoms with Crippen molar-refractivity contribution in [3.63, 3.8) is 0 Å². The number of aromatic nitrogens is 2. The largest absolute Gasteiger partial charge is 0.292 e. The first-order valence-corrected chi connectivity index (χ1v) is 7.01. The van der Waals surface area contributed by atoms with Crippen LogP contribution in [0.1, 0.15) is 22.8 Å². The molecule has 0 amide bonds. The second kappa shape index (κ2) is 6.10. The fourth-order valence-electron chi connectivity index (χ4n) is 1.71. The molecule has 5 heteroatoms. The maximum Gasteiger partial charge on any atom is 0.267 e. The summed E-state index contributed by atoms with van der Waals surface area (Å²) in [5, 5.41) is 0. The van der Waals surface area contributed by atoms with E-state index in [9.17, 15) is 9.59 Å². The molecule has 0 N–H and O–H groups in total. The van der Waals surface area contributed by atoms with Crippen LogP contribution < -0.4 is 5.56 Å². The number of carbonyl (C=O) groups is 1. The summed E-state index contributed by atoms with van der Waals surface area (Å²) in [4.78, 5) is 27.8. The second-order valence-corrected chi connectivity index (χ2v) is 5.31. The van der Waals surface area contributed by atoms with E-state index in [-0.39, 0.29) is 17.9 Å². The Bertz CT molecular complexity index is 647. The van der Waals surface area contributed by atoms with Gasteiger partial charge in [-0.3, -0.25) is 14.2 Å². The normalized spacial score (nSPS) is 10.4. The third-order valence-electron chi connectivity index (χ3n) is 2.86. The number of hydrogen-bond donors (Lipinski definition) is 0. The SMILES string of the molecule is CCc1ccc(C(=O)Cn2cncc(I)c2=O)cc1. The number of ketones is 1. The third kappa shape index (κ3) is 3.28. The highest BCUT2D eigenvalue weighted by atomic mass is 127. The second-order valence-electron chi connectivity index (χ2n) is 4.15. The molecule has 0 aliphatic heterocycles. The minimum Gasteiger partial charge on any atom is -0.292 e. The van der Waals surface area contributed by atoms with Gasteiger partial charge in [-0.25, -0.2) is 4.98 Å². The zero-order valence-electron chi connectivity index (χ0n) is 10.5. The Balaban J connectivity index is 2.20. The Labute approximate surface area is 124 Å². The lowest BCUT2D eigenvalue weighted by molar-refractivity contribution is 0.0970. The summed E-state index contributed by atoms with van der Waals surface area (Å²) in [5.74, 6) is -0.0893. The van der Waals surface area contributed by atoms with E-state index in [1.165, 1.54) is 22.7 Å². The van der Waals surface area contributed by atoms with E-state index >= 15 is 0 Å². The Morgan fingerprint density at radius 3 is 2.63 bits per heavy atom. The summed E-state index contributed by atoms with van der Waals surface area (Å²) in [5.41, 5.74) is 1.61. The molecule has 0 fully saturated rings. The van der Waals surface area contributed by atoms with Crippen molar-refractivity contribution in [1.29, 1.82) is 0 Å². The Morgan fingerprint density at radius 2 is 2.00 bits per heavy atom. The van der Waals surface area contributed by atoms with Gasteiger partial charge in [0.15, 0.2) is 5.78 Å². The Hall–Kier alpha value is -1.50. The van der Waals surface area contributed by atoms with E-state index < -0.39 is 0 Å². The van der Waals surface area contributed by atoms with Crippen LogP contribution >= 0.6 is 22.6 Å². The molecule has 0 saturated heterocycles. The van der Waals surface area contributed by atoms with Crippen molar-refractivity contribution in [3.8, 4) is 0 Å². The van der Waals surface area contributed by atoms with Gasteiger partial charge in [0.05, 0.1) is 16.4 Å². The molecular formula is C14H13IN2O2. The molecule has 1 heterocycles. The quantitative estimate of drug-likeness (QED) is 0.615. The molecule has 0 radical (unpaired) electrons. The summed E-state index contributed by atoms with van der Waals surface area (Å²) in [6, 6.07) is 7.47. The number of halogens is 1. The lowest BCUT2D eigenvalue weighted by Crippen LogP contribution is -2.26. The number of rotatable bonds is 4. The van der Waals surface area contributed by atoms with E-state index in [0.29, 0.717) is 9.13 Å². The number of aryl methyl sites for hydroxylation is 1. The number of Topliss-reactive ketones (excluding diaryl/α,β-unsaturated/α-hetero) is 1. The topological polar surface area (TPSA) is 52.0 Å². The van der Waals surface area contributed by atoms with E-state index in [1.54, 1.807) is 12.1 Å². The van der Waals surface area contributed by atoms with Crippen molar-refractivity contribution in [1.82, 2.24) is 9.55 Å². The number of benzene rings is 1. The fraction of sp³-hybridized carbons (Fsp3) is 0.214. The summed E-state index contributed by atoms with van der Waals surface area (Å²) in [7, 11) is 0. The number of carbonyl (C=O) groups excluding carboxylic acids is 1. The fourth-order valence-corrected chi connectivity index (χ4v) is 2.18. The molecule has 19 heavy (non-hydrogen) atoms. The van der Waals surface area contributed by atoms with Gasteiger partial charge < -0.3 is 0 Å². The maximum absolute atomic E-state index is 12.1. The lowest BCUT2D eigenvalue weighted by Gasteiger charge is -2.05. The van der Waals surface area contributed by atoms with Crippen LogP contribution in [0.15, 0.2) is 41.6 Å². The molecule has 0 atom stereocenters. The maximum atomic E-state index is 12.1. The predicted molar refractivity (Wildman–Crippen MR) is 81.4 cm³/mol. The van der Waals surface area contributed by atoms with Crippen LogP contribution in [-0.2, 0) is 13.0 Å². The van der Waals surface area contributed by atoms with Crippen molar-refractivity contribution >= 4 is 28.4 Å². The summed E-state index contributed by atoms with van der Waals surface area (Å²) >= 11 is 1.91. The molecule has 2 rings (SSSR count). The average Bonchev–Trinajstić information content (AvgIpc) is 2.44. The zero-order chi connectivity index (χ0) is 13.8. The molecule has 2 aromatic rings. The number of nitrogens with zero attached hydrogens (tertiary/aromatic N) is 2. The molecule has 0 bridgehead atoms. The smallest absolute Gasteiger partial charge is 0.267 e. The van der Waals surface area contributed by atoms with E-state index in [4.69, 9.17) is 0 Å². The van der Waals surface area contributed by atoms with Crippen LogP contribution in [-0.4, -0.2) is 15.3 Å². The minimum absolute atomic E-state index is 0.0220. The molecule has 1 aromatic heterocycles. The van der Waals surface area contributed by atoms with E-state index in [1.807, 2.05) is 34.7 Å². The first kappa shape index (κ1) is 13.9. The van der Waals surface area contributed by atoms with Crippen LogP contribution in [0.2, 0.25) is 0 Å². The van der Waals surface area contributed by atoms with Gasteiger partial charge in [0, 0.05) is 11.8 Å². The lowest BCUT2D eigenvalue weighted by atomic mass is 10.1. The van der Waals surface area contributed by atoms with Gasteiger partial charge in [0.2, 0.25) is 0 Å². The van der Waals surface area contributed by atoms with Crippen molar-refractivity contribution in [2.75, 3.05) is 0 Å². The van der Waals surface area contributed by atoms with Crippen molar-refractivity contribution in [3.05, 3.63) is 61.8 Å². The van der Waals surface area contributed by atoms with Crippen LogP contribution in [0.5, 0.6) is 0 Å². The van der Waals surface area contributed by atoms with Gasteiger partial charge >= 0.3 is 0 Å². The van der Waals surface area contributed by atoms with Crippen molar-refractivity contribution in [2.24, 2.45) is 0 Å². The van der Waals surface area contributed by atoms with E-state index in [0.717, 1.165) is 6.42 Å². The molecule has 0 spiro atoms. The average molecular weight is 368 g/mol. The first-order valence-electron chi connectivity index (χ1n) is 5.94. The van der Waals surface area contributed by atoms with Gasteiger partial charge in [0.1, 0.15) is 0 Å². The first-order chi connectivity index (χ1) is 9.11. The molecule has 0 aliphatic rings. The molecule has 1 aromatic carbocycles. The molecule has 0 unspecified atom stereocenters. The molecule has 98 valence electrons. The molecule has 0 saturated carbocycles. The molecule has 4 nitrogen and oxygen atoms in total. The number of hydrogen-bond acceptors (Lipinski definition) is 3. The Morgan fingerprint density at radius 1 is 1.32 bits per heavy atom. The highest BCUT2D eigenvalue weighted by molar-refractivity contribution is 14.1.